The van der Waals surface area contributed by atoms with Crippen molar-refractivity contribution in [3.8, 4) is 5.75 Å². The molecule has 1 amide bonds. The highest BCUT2D eigenvalue weighted by atomic mass is 16.5. The Bertz CT molecular complexity index is 505. The topological polar surface area (TPSA) is 64.3 Å². The van der Waals surface area contributed by atoms with E-state index in [1.165, 1.54) is 12.8 Å². The first kappa shape index (κ1) is 12.3. The summed E-state index contributed by atoms with van der Waals surface area (Å²) in [7, 11) is 0. The minimum atomic E-state index is 0.0260. The lowest BCUT2D eigenvalue weighted by Gasteiger charge is -2.27. The maximum Gasteiger partial charge on any atom is 0.228 e. The number of rotatable bonds is 2. The SMILES string of the molecule is CC1CCC(Oc2cc3c(cc2N)CC(=O)N3)CC1. The van der Waals surface area contributed by atoms with Gasteiger partial charge in [-0.05, 0) is 43.2 Å². The number of ether oxygens (including phenoxy) is 1. The van der Waals surface area contributed by atoms with Crippen LogP contribution in [0.3, 0.4) is 0 Å². The molecule has 1 aromatic rings. The van der Waals surface area contributed by atoms with E-state index in [9.17, 15) is 4.79 Å². The third kappa shape index (κ3) is 2.53. The second-order valence-corrected chi connectivity index (χ2v) is 5.77. The third-order valence-electron chi connectivity index (χ3n) is 4.12. The van der Waals surface area contributed by atoms with Crippen molar-refractivity contribution in [1.29, 1.82) is 0 Å². The second kappa shape index (κ2) is 4.76. The number of benzene rings is 1. The first-order valence-corrected chi connectivity index (χ1v) is 7.00. The first-order valence-electron chi connectivity index (χ1n) is 7.00. The zero-order valence-electron chi connectivity index (χ0n) is 11.2. The van der Waals surface area contributed by atoms with Crippen molar-refractivity contribution in [2.45, 2.75) is 45.1 Å². The molecule has 3 N–H and O–H groups in total. The Labute approximate surface area is 113 Å². The van der Waals surface area contributed by atoms with Crippen molar-refractivity contribution in [3.63, 3.8) is 0 Å². The van der Waals surface area contributed by atoms with Gasteiger partial charge in [-0.2, -0.15) is 0 Å². The molecular formula is C15H20N2O2. The number of carbonyl (C=O) groups is 1. The van der Waals surface area contributed by atoms with Crippen LogP contribution in [0, 0.1) is 5.92 Å². The van der Waals surface area contributed by atoms with Crippen LogP contribution < -0.4 is 15.8 Å². The summed E-state index contributed by atoms with van der Waals surface area (Å²) in [4.78, 5) is 11.4. The van der Waals surface area contributed by atoms with Crippen LogP contribution in [0.2, 0.25) is 0 Å². The van der Waals surface area contributed by atoms with Crippen LogP contribution in [0.4, 0.5) is 11.4 Å². The van der Waals surface area contributed by atoms with Crippen molar-refractivity contribution >= 4 is 17.3 Å². The molecule has 3 rings (SSSR count). The van der Waals surface area contributed by atoms with Crippen LogP contribution in [0.5, 0.6) is 5.75 Å². The van der Waals surface area contributed by atoms with Gasteiger partial charge in [0.05, 0.1) is 18.2 Å². The normalized spacial score (nSPS) is 25.8. The lowest BCUT2D eigenvalue weighted by molar-refractivity contribution is -0.115. The summed E-state index contributed by atoms with van der Waals surface area (Å²) in [5.74, 6) is 1.54. The molecule has 0 saturated heterocycles. The molecule has 0 unspecified atom stereocenters. The predicted octanol–water partition coefficient (Wildman–Crippen LogP) is 2.72. The van der Waals surface area contributed by atoms with Crippen molar-refractivity contribution < 1.29 is 9.53 Å². The van der Waals surface area contributed by atoms with Gasteiger partial charge in [-0.25, -0.2) is 0 Å². The van der Waals surface area contributed by atoms with Gasteiger partial charge in [0.15, 0.2) is 0 Å². The predicted molar refractivity (Wildman–Crippen MR) is 75.2 cm³/mol. The number of nitrogens with one attached hydrogen (secondary N) is 1. The molecule has 0 atom stereocenters. The van der Waals surface area contributed by atoms with Crippen LogP contribution >= 0.6 is 0 Å². The Balaban J connectivity index is 1.75. The van der Waals surface area contributed by atoms with Crippen molar-refractivity contribution in [1.82, 2.24) is 0 Å². The fraction of sp³-hybridized carbons (Fsp3) is 0.533. The van der Waals surface area contributed by atoms with Gasteiger partial charge in [-0.1, -0.05) is 6.92 Å². The van der Waals surface area contributed by atoms with Crippen LogP contribution in [0.1, 0.15) is 38.2 Å². The van der Waals surface area contributed by atoms with Gasteiger partial charge in [-0.3, -0.25) is 4.79 Å². The van der Waals surface area contributed by atoms with Crippen molar-refractivity contribution in [2.24, 2.45) is 5.92 Å². The maximum atomic E-state index is 11.4. The number of fused-ring (bicyclic) bond motifs is 1. The van der Waals surface area contributed by atoms with E-state index in [0.717, 1.165) is 30.0 Å². The van der Waals surface area contributed by atoms with Gasteiger partial charge in [0.1, 0.15) is 5.75 Å². The molecular weight excluding hydrogens is 240 g/mol. The van der Waals surface area contributed by atoms with E-state index in [0.29, 0.717) is 17.9 Å². The van der Waals surface area contributed by atoms with E-state index in [2.05, 4.69) is 12.2 Å². The summed E-state index contributed by atoms with van der Waals surface area (Å²) < 4.78 is 6.02. The largest absolute Gasteiger partial charge is 0.488 e. The molecule has 4 heteroatoms. The smallest absolute Gasteiger partial charge is 0.228 e. The van der Waals surface area contributed by atoms with E-state index < -0.39 is 0 Å². The maximum absolute atomic E-state index is 11.4. The lowest BCUT2D eigenvalue weighted by atomic mass is 9.89. The van der Waals surface area contributed by atoms with Gasteiger partial charge in [0.25, 0.3) is 0 Å². The van der Waals surface area contributed by atoms with E-state index in [1.54, 1.807) is 0 Å². The Kier molecular flexibility index (Phi) is 3.09. The molecule has 1 fully saturated rings. The average Bonchev–Trinajstić information content (AvgIpc) is 2.72. The molecule has 0 spiro atoms. The number of carbonyl (C=O) groups excluding carboxylic acids is 1. The molecule has 0 aromatic heterocycles. The fourth-order valence-electron chi connectivity index (χ4n) is 2.90. The van der Waals surface area contributed by atoms with Crippen LogP contribution in [-0.2, 0) is 11.2 Å². The molecule has 1 saturated carbocycles. The third-order valence-corrected chi connectivity index (χ3v) is 4.12. The van der Waals surface area contributed by atoms with Gasteiger partial charge in [0, 0.05) is 11.8 Å². The number of amides is 1. The molecule has 1 aliphatic carbocycles. The molecule has 1 aromatic carbocycles. The molecule has 4 nitrogen and oxygen atoms in total. The Morgan fingerprint density at radius 3 is 2.74 bits per heavy atom. The Morgan fingerprint density at radius 1 is 1.26 bits per heavy atom. The van der Waals surface area contributed by atoms with Gasteiger partial charge >= 0.3 is 0 Å². The molecule has 19 heavy (non-hydrogen) atoms. The van der Waals surface area contributed by atoms with Gasteiger partial charge in [-0.15, -0.1) is 0 Å². The van der Waals surface area contributed by atoms with Gasteiger partial charge in [0.2, 0.25) is 5.91 Å². The van der Waals surface area contributed by atoms with E-state index in [4.69, 9.17) is 10.5 Å². The summed E-state index contributed by atoms with van der Waals surface area (Å²) in [5, 5.41) is 2.83. The fourth-order valence-corrected chi connectivity index (χ4v) is 2.90. The molecule has 0 radical (unpaired) electrons. The minimum absolute atomic E-state index is 0.0260. The molecule has 1 heterocycles. The van der Waals surface area contributed by atoms with E-state index in [-0.39, 0.29) is 12.0 Å². The van der Waals surface area contributed by atoms with E-state index >= 15 is 0 Å². The summed E-state index contributed by atoms with van der Waals surface area (Å²) in [6, 6.07) is 3.72. The Morgan fingerprint density at radius 2 is 2.00 bits per heavy atom. The molecule has 1 aliphatic heterocycles. The number of nitrogens with two attached hydrogens (primary N) is 1. The highest BCUT2D eigenvalue weighted by molar-refractivity contribution is 6.00. The number of nitrogen functional groups attached to an aromatic ring is 1. The zero-order valence-corrected chi connectivity index (χ0v) is 11.2. The summed E-state index contributed by atoms with van der Waals surface area (Å²) in [6.45, 7) is 2.29. The quantitative estimate of drug-likeness (QED) is 0.804. The van der Waals surface area contributed by atoms with Crippen LogP contribution in [0.25, 0.3) is 0 Å². The highest BCUT2D eigenvalue weighted by Crippen LogP contribution is 2.35. The first-order chi connectivity index (χ1) is 9.11. The average molecular weight is 260 g/mol. The van der Waals surface area contributed by atoms with Crippen molar-refractivity contribution in [2.75, 3.05) is 11.1 Å². The van der Waals surface area contributed by atoms with Crippen LogP contribution in [-0.4, -0.2) is 12.0 Å². The second-order valence-electron chi connectivity index (χ2n) is 5.77. The molecule has 102 valence electrons. The monoisotopic (exact) mass is 260 g/mol. The number of hydrogen-bond donors (Lipinski definition) is 2. The van der Waals surface area contributed by atoms with E-state index in [1.807, 2.05) is 12.1 Å². The lowest BCUT2D eigenvalue weighted by Crippen LogP contribution is -2.23. The zero-order chi connectivity index (χ0) is 13.4. The number of anilines is 2. The van der Waals surface area contributed by atoms with Crippen molar-refractivity contribution in [3.05, 3.63) is 17.7 Å². The summed E-state index contributed by atoms with van der Waals surface area (Å²) >= 11 is 0. The minimum Gasteiger partial charge on any atom is -0.488 e. The number of hydrogen-bond acceptors (Lipinski definition) is 3. The Hall–Kier alpha value is -1.71. The highest BCUT2D eigenvalue weighted by Gasteiger charge is 2.23. The standard InChI is InChI=1S/C15H20N2O2/c1-9-2-4-11(5-3-9)19-14-8-13-10(6-12(14)16)7-15(18)17-13/h6,8-9,11H,2-5,7,16H2,1H3,(H,17,18). The molecule has 0 bridgehead atoms. The molecule has 2 aliphatic rings. The van der Waals surface area contributed by atoms with Crippen LogP contribution in [0.15, 0.2) is 12.1 Å². The van der Waals surface area contributed by atoms with Gasteiger partial charge < -0.3 is 15.8 Å². The summed E-state index contributed by atoms with van der Waals surface area (Å²) in [6.07, 6.45) is 5.28. The summed E-state index contributed by atoms with van der Waals surface area (Å²) in [5.41, 5.74) is 8.46.